The number of nitro groups is 1. The van der Waals surface area contributed by atoms with E-state index >= 15 is 0 Å². The molecule has 0 aliphatic rings. The van der Waals surface area contributed by atoms with Crippen molar-refractivity contribution in [2.24, 2.45) is 0 Å². The van der Waals surface area contributed by atoms with Gasteiger partial charge in [0.1, 0.15) is 5.82 Å². The maximum absolute atomic E-state index is 11.3. The number of nitro benzene ring substituents is 1. The predicted octanol–water partition coefficient (Wildman–Crippen LogP) is 1.65. The van der Waals surface area contributed by atoms with Crippen LogP contribution in [-0.2, 0) is 0 Å². The van der Waals surface area contributed by atoms with Gasteiger partial charge in [0.05, 0.1) is 10.6 Å². The van der Waals surface area contributed by atoms with Crippen molar-refractivity contribution in [2.45, 2.75) is 6.92 Å². The molecule has 17 heavy (non-hydrogen) atoms. The molecule has 0 aliphatic carbocycles. The Morgan fingerprint density at radius 1 is 1.35 bits per heavy atom. The number of nitrogens with zero attached hydrogens (tertiary/aromatic N) is 2. The van der Waals surface area contributed by atoms with Gasteiger partial charge < -0.3 is 4.98 Å². The molecule has 0 aliphatic heterocycles. The second-order valence-corrected chi connectivity index (χ2v) is 3.52. The average molecular weight is 231 g/mol. The zero-order valence-corrected chi connectivity index (χ0v) is 9.01. The molecule has 6 heteroatoms. The highest BCUT2D eigenvalue weighted by molar-refractivity contribution is 5.62. The van der Waals surface area contributed by atoms with E-state index in [0.29, 0.717) is 17.1 Å². The van der Waals surface area contributed by atoms with Crippen LogP contribution in [0.4, 0.5) is 5.69 Å². The first-order chi connectivity index (χ1) is 8.06. The molecule has 0 bridgehead atoms. The lowest BCUT2D eigenvalue weighted by Gasteiger charge is -2.01. The molecule has 0 saturated heterocycles. The Labute approximate surface area is 96.1 Å². The molecule has 2 aromatic rings. The summed E-state index contributed by atoms with van der Waals surface area (Å²) in [5.74, 6) is 0.471. The minimum Gasteiger partial charge on any atom is -0.311 e. The van der Waals surface area contributed by atoms with Crippen LogP contribution in [0, 0.1) is 17.0 Å². The third-order valence-corrected chi connectivity index (χ3v) is 2.21. The number of aromatic nitrogens is 2. The van der Waals surface area contributed by atoms with Crippen LogP contribution in [0.25, 0.3) is 11.3 Å². The lowest BCUT2D eigenvalue weighted by molar-refractivity contribution is -0.384. The molecule has 1 aromatic heterocycles. The number of aromatic amines is 1. The van der Waals surface area contributed by atoms with E-state index in [1.807, 2.05) is 0 Å². The monoisotopic (exact) mass is 231 g/mol. The lowest BCUT2D eigenvalue weighted by atomic mass is 10.1. The largest absolute Gasteiger partial charge is 0.311 e. The number of hydrogen-bond acceptors (Lipinski definition) is 4. The molecule has 0 radical (unpaired) electrons. The van der Waals surface area contributed by atoms with E-state index in [9.17, 15) is 14.9 Å². The Morgan fingerprint density at radius 3 is 2.76 bits per heavy atom. The fraction of sp³-hybridized carbons (Fsp3) is 0.0909. The summed E-state index contributed by atoms with van der Waals surface area (Å²) >= 11 is 0. The summed E-state index contributed by atoms with van der Waals surface area (Å²) in [6.07, 6.45) is 0. The number of aryl methyl sites for hydroxylation is 1. The third kappa shape index (κ3) is 2.36. The molecular formula is C11H9N3O3. The Bertz CT molecular complexity index is 634. The summed E-state index contributed by atoms with van der Waals surface area (Å²) in [7, 11) is 0. The van der Waals surface area contributed by atoms with Crippen LogP contribution in [0.2, 0.25) is 0 Å². The van der Waals surface area contributed by atoms with E-state index in [1.165, 1.54) is 18.2 Å². The van der Waals surface area contributed by atoms with Gasteiger partial charge in [0, 0.05) is 23.8 Å². The number of hydrogen-bond donors (Lipinski definition) is 1. The minimum absolute atomic E-state index is 0.0257. The van der Waals surface area contributed by atoms with Crippen molar-refractivity contribution >= 4 is 5.69 Å². The molecular weight excluding hydrogens is 222 g/mol. The van der Waals surface area contributed by atoms with E-state index in [-0.39, 0.29) is 11.2 Å². The Balaban J connectivity index is 2.56. The predicted molar refractivity (Wildman–Crippen MR) is 61.7 cm³/mol. The van der Waals surface area contributed by atoms with Crippen molar-refractivity contribution in [2.75, 3.05) is 0 Å². The fourth-order valence-corrected chi connectivity index (χ4v) is 1.51. The van der Waals surface area contributed by atoms with Crippen LogP contribution < -0.4 is 5.56 Å². The average Bonchev–Trinajstić information content (AvgIpc) is 2.28. The molecule has 0 saturated carbocycles. The van der Waals surface area contributed by atoms with Crippen LogP contribution in [-0.4, -0.2) is 14.9 Å². The first-order valence-electron chi connectivity index (χ1n) is 4.89. The van der Waals surface area contributed by atoms with Crippen molar-refractivity contribution < 1.29 is 4.92 Å². The molecule has 0 spiro atoms. The van der Waals surface area contributed by atoms with Crippen molar-refractivity contribution in [1.82, 2.24) is 9.97 Å². The minimum atomic E-state index is -0.483. The Hall–Kier alpha value is -2.50. The molecule has 0 atom stereocenters. The highest BCUT2D eigenvalue weighted by Gasteiger charge is 2.08. The standard InChI is InChI=1S/C11H9N3O3/c1-7-12-10(6-11(15)13-7)8-3-2-4-9(5-8)14(16)17/h2-6H,1H3,(H,12,13,15). The second-order valence-electron chi connectivity index (χ2n) is 3.52. The first kappa shape index (κ1) is 11.0. The van der Waals surface area contributed by atoms with Crippen LogP contribution in [0.3, 0.4) is 0 Å². The Kier molecular flexibility index (Phi) is 2.70. The van der Waals surface area contributed by atoms with Gasteiger partial charge in [-0.3, -0.25) is 14.9 Å². The van der Waals surface area contributed by atoms with Crippen LogP contribution in [0.1, 0.15) is 5.82 Å². The maximum Gasteiger partial charge on any atom is 0.270 e. The van der Waals surface area contributed by atoms with Crippen LogP contribution >= 0.6 is 0 Å². The van der Waals surface area contributed by atoms with Crippen LogP contribution in [0.15, 0.2) is 35.1 Å². The van der Waals surface area contributed by atoms with E-state index in [1.54, 1.807) is 19.1 Å². The summed E-state index contributed by atoms with van der Waals surface area (Å²) in [5, 5.41) is 10.6. The van der Waals surface area contributed by atoms with Gasteiger partial charge in [-0.25, -0.2) is 4.98 Å². The van der Waals surface area contributed by atoms with E-state index in [2.05, 4.69) is 9.97 Å². The van der Waals surface area contributed by atoms with Crippen molar-refractivity contribution in [3.8, 4) is 11.3 Å². The number of H-pyrrole nitrogens is 1. The smallest absolute Gasteiger partial charge is 0.270 e. The van der Waals surface area contributed by atoms with Gasteiger partial charge in [-0.2, -0.15) is 0 Å². The zero-order chi connectivity index (χ0) is 12.4. The summed E-state index contributed by atoms with van der Waals surface area (Å²) < 4.78 is 0. The molecule has 1 heterocycles. The molecule has 1 aromatic carbocycles. The fourth-order valence-electron chi connectivity index (χ4n) is 1.51. The highest BCUT2D eigenvalue weighted by Crippen LogP contribution is 2.20. The number of nitrogens with one attached hydrogen (secondary N) is 1. The molecule has 0 fully saturated rings. The van der Waals surface area contributed by atoms with Gasteiger partial charge in [-0.05, 0) is 6.92 Å². The summed E-state index contributed by atoms with van der Waals surface area (Å²) in [6.45, 7) is 1.66. The van der Waals surface area contributed by atoms with Gasteiger partial charge in [0.15, 0.2) is 0 Å². The van der Waals surface area contributed by atoms with Crippen molar-refractivity contribution in [3.63, 3.8) is 0 Å². The first-order valence-corrected chi connectivity index (χ1v) is 4.89. The van der Waals surface area contributed by atoms with Gasteiger partial charge in [-0.15, -0.1) is 0 Å². The third-order valence-electron chi connectivity index (χ3n) is 2.21. The molecule has 1 N–H and O–H groups in total. The quantitative estimate of drug-likeness (QED) is 0.628. The highest BCUT2D eigenvalue weighted by atomic mass is 16.6. The number of non-ortho nitro benzene ring substituents is 1. The second kappa shape index (κ2) is 4.17. The SMILES string of the molecule is Cc1nc(-c2cccc([N+](=O)[O-])c2)cc(=O)[nH]1. The summed E-state index contributed by atoms with van der Waals surface area (Å²) in [4.78, 5) is 28.1. The van der Waals surface area contributed by atoms with Crippen molar-refractivity contribution in [1.29, 1.82) is 0 Å². The van der Waals surface area contributed by atoms with Gasteiger partial charge in [0.2, 0.25) is 0 Å². The van der Waals surface area contributed by atoms with E-state index < -0.39 is 4.92 Å². The molecule has 6 nitrogen and oxygen atoms in total. The zero-order valence-electron chi connectivity index (χ0n) is 9.01. The van der Waals surface area contributed by atoms with Gasteiger partial charge in [-0.1, -0.05) is 12.1 Å². The molecule has 0 unspecified atom stereocenters. The summed E-state index contributed by atoms with van der Waals surface area (Å²) in [6, 6.07) is 7.33. The van der Waals surface area contributed by atoms with E-state index in [0.717, 1.165) is 0 Å². The maximum atomic E-state index is 11.3. The normalized spacial score (nSPS) is 10.2. The van der Waals surface area contributed by atoms with Gasteiger partial charge >= 0.3 is 0 Å². The van der Waals surface area contributed by atoms with Crippen molar-refractivity contribution in [3.05, 3.63) is 56.6 Å². The molecule has 2 rings (SSSR count). The number of benzene rings is 1. The van der Waals surface area contributed by atoms with Crippen LogP contribution in [0.5, 0.6) is 0 Å². The topological polar surface area (TPSA) is 88.9 Å². The van der Waals surface area contributed by atoms with Gasteiger partial charge in [0.25, 0.3) is 11.2 Å². The van der Waals surface area contributed by atoms with E-state index in [4.69, 9.17) is 0 Å². The molecule has 86 valence electrons. The molecule has 0 amide bonds. The Morgan fingerprint density at radius 2 is 2.12 bits per heavy atom. The lowest BCUT2D eigenvalue weighted by Crippen LogP contribution is -2.08. The summed E-state index contributed by atoms with van der Waals surface area (Å²) in [5.41, 5.74) is 0.671. The number of rotatable bonds is 2.